The standard InChI is InChI=1S/C15H25N3O2/c1-10(2)18(14(19)5-6-17-15(16)20)9-13-8-11-3-4-12(13)7-11/h3-4,10-13H,5-9H2,1-2H3,(H3,16,17,20)/t11-,12-,13+/m0/s1. The molecule has 1 fully saturated rings. The molecule has 0 saturated heterocycles. The van der Waals surface area contributed by atoms with Gasteiger partial charge < -0.3 is 16.0 Å². The van der Waals surface area contributed by atoms with Crippen molar-refractivity contribution in [3.63, 3.8) is 0 Å². The molecule has 0 aromatic heterocycles. The molecule has 0 spiro atoms. The summed E-state index contributed by atoms with van der Waals surface area (Å²) in [6.45, 7) is 5.23. The van der Waals surface area contributed by atoms with Gasteiger partial charge in [-0.25, -0.2) is 4.79 Å². The number of carbonyl (C=O) groups excluding carboxylic acids is 2. The van der Waals surface area contributed by atoms with Crippen LogP contribution in [0, 0.1) is 17.8 Å². The van der Waals surface area contributed by atoms with Crippen LogP contribution in [0.2, 0.25) is 0 Å². The SMILES string of the molecule is CC(C)N(C[C@H]1C[C@H]2C=C[C@H]1C2)C(=O)CCNC(N)=O. The van der Waals surface area contributed by atoms with Crippen LogP contribution >= 0.6 is 0 Å². The largest absolute Gasteiger partial charge is 0.352 e. The van der Waals surface area contributed by atoms with Gasteiger partial charge in [-0.05, 0) is 44.4 Å². The van der Waals surface area contributed by atoms with Gasteiger partial charge in [0.15, 0.2) is 0 Å². The number of hydrogen-bond acceptors (Lipinski definition) is 2. The molecule has 3 N–H and O–H groups in total. The molecule has 3 amide bonds. The Morgan fingerprint density at radius 3 is 2.60 bits per heavy atom. The van der Waals surface area contributed by atoms with E-state index in [0.717, 1.165) is 12.5 Å². The Hall–Kier alpha value is -1.52. The zero-order valence-electron chi connectivity index (χ0n) is 12.3. The van der Waals surface area contributed by atoms with Crippen LogP contribution in [-0.4, -0.2) is 36.0 Å². The molecule has 0 unspecified atom stereocenters. The highest BCUT2D eigenvalue weighted by Gasteiger charge is 2.37. The van der Waals surface area contributed by atoms with Crippen LogP contribution in [0.1, 0.15) is 33.1 Å². The van der Waals surface area contributed by atoms with Gasteiger partial charge in [0.1, 0.15) is 0 Å². The molecule has 3 atom stereocenters. The van der Waals surface area contributed by atoms with Crippen molar-refractivity contribution < 1.29 is 9.59 Å². The summed E-state index contributed by atoms with van der Waals surface area (Å²) in [7, 11) is 0. The lowest BCUT2D eigenvalue weighted by molar-refractivity contribution is -0.133. The van der Waals surface area contributed by atoms with Crippen molar-refractivity contribution in [3.8, 4) is 0 Å². The summed E-state index contributed by atoms with van der Waals surface area (Å²) in [6.07, 6.45) is 7.42. The maximum absolute atomic E-state index is 12.3. The molecule has 0 heterocycles. The third-order valence-corrected chi connectivity index (χ3v) is 4.43. The average molecular weight is 279 g/mol. The van der Waals surface area contributed by atoms with E-state index in [1.54, 1.807) is 0 Å². The molecule has 2 bridgehead atoms. The monoisotopic (exact) mass is 279 g/mol. The minimum atomic E-state index is -0.577. The van der Waals surface area contributed by atoms with Gasteiger partial charge in [-0.3, -0.25) is 4.79 Å². The quantitative estimate of drug-likeness (QED) is 0.723. The van der Waals surface area contributed by atoms with Crippen molar-refractivity contribution in [1.29, 1.82) is 0 Å². The van der Waals surface area contributed by atoms with Gasteiger partial charge in [0, 0.05) is 25.6 Å². The van der Waals surface area contributed by atoms with E-state index in [-0.39, 0.29) is 11.9 Å². The van der Waals surface area contributed by atoms with Gasteiger partial charge in [0.25, 0.3) is 0 Å². The molecule has 2 aliphatic carbocycles. The number of nitrogens with zero attached hydrogens (tertiary/aromatic N) is 1. The molecule has 1 saturated carbocycles. The Morgan fingerprint density at radius 2 is 2.10 bits per heavy atom. The van der Waals surface area contributed by atoms with Gasteiger partial charge in [-0.2, -0.15) is 0 Å². The van der Waals surface area contributed by atoms with E-state index in [1.165, 1.54) is 12.8 Å². The van der Waals surface area contributed by atoms with Crippen molar-refractivity contribution in [2.24, 2.45) is 23.5 Å². The lowest BCUT2D eigenvalue weighted by Crippen LogP contribution is -2.43. The summed E-state index contributed by atoms with van der Waals surface area (Å²) >= 11 is 0. The first-order valence-corrected chi connectivity index (χ1v) is 7.48. The number of nitrogens with two attached hydrogens (primary N) is 1. The Balaban J connectivity index is 1.85. The van der Waals surface area contributed by atoms with Crippen LogP contribution in [0.5, 0.6) is 0 Å². The topological polar surface area (TPSA) is 75.4 Å². The maximum Gasteiger partial charge on any atom is 0.312 e. The number of primary amides is 1. The summed E-state index contributed by atoms with van der Waals surface area (Å²) in [6, 6.07) is -0.383. The second kappa shape index (κ2) is 6.29. The van der Waals surface area contributed by atoms with Gasteiger partial charge in [0.05, 0.1) is 0 Å². The third kappa shape index (κ3) is 3.52. The Bertz CT molecular complexity index is 406. The number of fused-ring (bicyclic) bond motifs is 2. The molecule has 0 aromatic carbocycles. The number of nitrogens with one attached hydrogen (secondary N) is 1. The first-order chi connectivity index (χ1) is 9.47. The first-order valence-electron chi connectivity index (χ1n) is 7.48. The number of carbonyl (C=O) groups is 2. The van der Waals surface area contributed by atoms with Gasteiger partial charge in [-0.1, -0.05) is 12.2 Å². The van der Waals surface area contributed by atoms with Crippen LogP contribution in [-0.2, 0) is 4.79 Å². The summed E-state index contributed by atoms with van der Waals surface area (Å²) in [5.74, 6) is 2.07. The van der Waals surface area contributed by atoms with Gasteiger partial charge in [0.2, 0.25) is 5.91 Å². The number of amides is 3. The Labute approximate surface area is 120 Å². The smallest absolute Gasteiger partial charge is 0.312 e. The Morgan fingerprint density at radius 1 is 1.35 bits per heavy atom. The van der Waals surface area contributed by atoms with E-state index >= 15 is 0 Å². The Kier molecular flexibility index (Phi) is 4.68. The lowest BCUT2D eigenvalue weighted by atomic mass is 9.92. The second-order valence-corrected chi connectivity index (χ2v) is 6.22. The molecule has 112 valence electrons. The minimum Gasteiger partial charge on any atom is -0.352 e. The van der Waals surface area contributed by atoms with Crippen molar-refractivity contribution in [1.82, 2.24) is 10.2 Å². The molecule has 0 radical (unpaired) electrons. The molecular weight excluding hydrogens is 254 g/mol. The predicted octanol–water partition coefficient (Wildman–Crippen LogP) is 1.49. The van der Waals surface area contributed by atoms with Gasteiger partial charge >= 0.3 is 6.03 Å². The number of allylic oxidation sites excluding steroid dienone is 2. The predicted molar refractivity (Wildman–Crippen MR) is 77.9 cm³/mol. The van der Waals surface area contributed by atoms with Crippen molar-refractivity contribution in [2.45, 2.75) is 39.2 Å². The van der Waals surface area contributed by atoms with Crippen LogP contribution in [0.3, 0.4) is 0 Å². The van der Waals surface area contributed by atoms with E-state index in [2.05, 4.69) is 17.5 Å². The van der Waals surface area contributed by atoms with Crippen LogP contribution < -0.4 is 11.1 Å². The van der Waals surface area contributed by atoms with E-state index < -0.39 is 6.03 Å². The van der Waals surface area contributed by atoms with E-state index in [0.29, 0.717) is 24.8 Å². The number of rotatable bonds is 6. The molecule has 2 aliphatic rings. The van der Waals surface area contributed by atoms with Gasteiger partial charge in [-0.15, -0.1) is 0 Å². The highest BCUT2D eigenvalue weighted by atomic mass is 16.2. The van der Waals surface area contributed by atoms with Crippen molar-refractivity contribution >= 4 is 11.9 Å². The molecule has 0 aromatic rings. The molecule has 5 heteroatoms. The maximum atomic E-state index is 12.3. The van der Waals surface area contributed by atoms with E-state index in [9.17, 15) is 9.59 Å². The minimum absolute atomic E-state index is 0.0977. The molecule has 0 aliphatic heterocycles. The average Bonchev–Trinajstić information content (AvgIpc) is 2.96. The van der Waals surface area contributed by atoms with Crippen molar-refractivity contribution in [2.75, 3.05) is 13.1 Å². The van der Waals surface area contributed by atoms with Crippen LogP contribution in [0.15, 0.2) is 12.2 Å². The summed E-state index contributed by atoms with van der Waals surface area (Å²) < 4.78 is 0. The zero-order valence-corrected chi connectivity index (χ0v) is 12.3. The summed E-state index contributed by atoms with van der Waals surface area (Å²) in [4.78, 5) is 24.9. The molecular formula is C15H25N3O2. The number of hydrogen-bond donors (Lipinski definition) is 2. The van der Waals surface area contributed by atoms with E-state index in [1.807, 2.05) is 18.7 Å². The third-order valence-electron chi connectivity index (χ3n) is 4.43. The van der Waals surface area contributed by atoms with E-state index in [4.69, 9.17) is 5.73 Å². The normalized spacial score (nSPS) is 27.1. The summed E-state index contributed by atoms with van der Waals surface area (Å²) in [5, 5.41) is 2.47. The van der Waals surface area contributed by atoms with Crippen LogP contribution in [0.4, 0.5) is 4.79 Å². The first kappa shape index (κ1) is 14.9. The molecule has 20 heavy (non-hydrogen) atoms. The fourth-order valence-electron chi connectivity index (χ4n) is 3.39. The zero-order chi connectivity index (χ0) is 14.7. The highest BCUT2D eigenvalue weighted by molar-refractivity contribution is 5.78. The lowest BCUT2D eigenvalue weighted by Gasteiger charge is -2.32. The molecule has 2 rings (SSSR count). The second-order valence-electron chi connectivity index (χ2n) is 6.22. The fourth-order valence-corrected chi connectivity index (χ4v) is 3.39. The fraction of sp³-hybridized carbons (Fsp3) is 0.733. The van der Waals surface area contributed by atoms with Crippen molar-refractivity contribution in [3.05, 3.63) is 12.2 Å². The van der Waals surface area contributed by atoms with Crippen LogP contribution in [0.25, 0.3) is 0 Å². The number of urea groups is 1. The summed E-state index contributed by atoms with van der Waals surface area (Å²) in [5.41, 5.74) is 5.01. The molecule has 5 nitrogen and oxygen atoms in total. The highest BCUT2D eigenvalue weighted by Crippen LogP contribution is 2.43.